The molecule has 0 aliphatic rings. The van der Waals surface area contributed by atoms with E-state index >= 15 is 0 Å². The van der Waals surface area contributed by atoms with Crippen molar-refractivity contribution in [3.05, 3.63) is 35.4 Å². The molecular formula is C10H15ClLiN. The first-order valence-corrected chi connectivity index (χ1v) is 3.99. The van der Waals surface area contributed by atoms with Crippen LogP contribution in [-0.2, 0) is 6.42 Å². The van der Waals surface area contributed by atoms with Crippen LogP contribution in [0.3, 0.4) is 0 Å². The smallest absolute Gasteiger partial charge is 1.00 e. The molecule has 0 aromatic heterocycles. The van der Waals surface area contributed by atoms with Gasteiger partial charge < -0.3 is 18.1 Å². The number of benzene rings is 1. The van der Waals surface area contributed by atoms with Crippen molar-refractivity contribution in [2.24, 2.45) is 5.73 Å². The zero-order chi connectivity index (χ0) is 8.27. The topological polar surface area (TPSA) is 26.0 Å². The molecule has 0 amide bonds. The fraction of sp³-hybridized carbons (Fsp3) is 0.400. The molecule has 0 saturated carbocycles. The number of aryl methyl sites for hydroxylation is 1. The van der Waals surface area contributed by atoms with Gasteiger partial charge in [-0.05, 0) is 25.8 Å². The van der Waals surface area contributed by atoms with E-state index in [2.05, 4.69) is 31.2 Å². The zero-order valence-corrected chi connectivity index (χ0v) is 9.31. The normalized spacial score (nSPS) is 11.0. The SMILES string of the molecule is Cc1ccc(CC(C)N)cc1.[Cl-].[Li+]. The van der Waals surface area contributed by atoms with Crippen molar-refractivity contribution in [1.29, 1.82) is 0 Å². The predicted octanol–water partition coefficient (Wildman–Crippen LogP) is -4.11. The molecule has 0 bridgehead atoms. The minimum Gasteiger partial charge on any atom is -1.00 e. The molecule has 2 N–H and O–H groups in total. The molecule has 13 heavy (non-hydrogen) atoms. The minimum atomic E-state index is 0. The van der Waals surface area contributed by atoms with E-state index in [1.165, 1.54) is 11.1 Å². The Bertz CT molecular complexity index is 221. The molecule has 3 heteroatoms. The molecule has 0 aliphatic heterocycles. The van der Waals surface area contributed by atoms with E-state index in [0.29, 0.717) is 0 Å². The van der Waals surface area contributed by atoms with Crippen LogP contribution in [-0.4, -0.2) is 6.04 Å². The molecule has 0 radical (unpaired) electrons. The van der Waals surface area contributed by atoms with Crippen LogP contribution in [0.1, 0.15) is 18.1 Å². The van der Waals surface area contributed by atoms with Crippen LogP contribution >= 0.6 is 0 Å². The van der Waals surface area contributed by atoms with Gasteiger partial charge in [0.2, 0.25) is 0 Å². The molecule has 1 aromatic rings. The molecule has 0 saturated heterocycles. The Kier molecular flexibility index (Phi) is 8.93. The summed E-state index contributed by atoms with van der Waals surface area (Å²) < 4.78 is 0. The summed E-state index contributed by atoms with van der Waals surface area (Å²) in [5.41, 5.74) is 8.29. The molecule has 68 valence electrons. The van der Waals surface area contributed by atoms with Crippen LogP contribution in [0.25, 0.3) is 0 Å². The van der Waals surface area contributed by atoms with Crippen molar-refractivity contribution >= 4 is 0 Å². The van der Waals surface area contributed by atoms with E-state index < -0.39 is 0 Å². The van der Waals surface area contributed by atoms with Gasteiger partial charge in [-0.25, -0.2) is 0 Å². The Morgan fingerprint density at radius 2 is 1.69 bits per heavy atom. The van der Waals surface area contributed by atoms with Crippen LogP contribution in [0.5, 0.6) is 0 Å². The quantitative estimate of drug-likeness (QED) is 0.473. The van der Waals surface area contributed by atoms with Gasteiger partial charge in [0.05, 0.1) is 0 Å². The second kappa shape index (κ2) is 7.47. The summed E-state index contributed by atoms with van der Waals surface area (Å²) in [5, 5.41) is 0. The van der Waals surface area contributed by atoms with Gasteiger partial charge in [0.15, 0.2) is 0 Å². The number of rotatable bonds is 2. The van der Waals surface area contributed by atoms with E-state index in [4.69, 9.17) is 5.73 Å². The fourth-order valence-corrected chi connectivity index (χ4v) is 1.10. The number of hydrogen-bond donors (Lipinski definition) is 1. The van der Waals surface area contributed by atoms with E-state index in [1.807, 2.05) is 6.92 Å². The molecule has 1 unspecified atom stereocenters. The fourth-order valence-electron chi connectivity index (χ4n) is 1.10. The predicted molar refractivity (Wildman–Crippen MR) is 48.5 cm³/mol. The van der Waals surface area contributed by atoms with E-state index in [9.17, 15) is 0 Å². The summed E-state index contributed by atoms with van der Waals surface area (Å²) in [6, 6.07) is 8.78. The maximum absolute atomic E-state index is 5.66. The Labute approximate surface area is 98.7 Å². The van der Waals surface area contributed by atoms with Crippen molar-refractivity contribution in [3.63, 3.8) is 0 Å². The average molecular weight is 192 g/mol. The molecule has 1 atom stereocenters. The molecule has 0 fully saturated rings. The van der Waals surface area contributed by atoms with Gasteiger partial charge in [-0.2, -0.15) is 0 Å². The van der Waals surface area contributed by atoms with Crippen LogP contribution in [0, 0.1) is 6.92 Å². The number of hydrogen-bond acceptors (Lipinski definition) is 1. The van der Waals surface area contributed by atoms with Crippen molar-refractivity contribution < 1.29 is 31.3 Å². The van der Waals surface area contributed by atoms with Crippen molar-refractivity contribution in [3.8, 4) is 0 Å². The van der Waals surface area contributed by atoms with Crippen molar-refractivity contribution in [2.45, 2.75) is 26.3 Å². The monoisotopic (exact) mass is 191 g/mol. The Morgan fingerprint density at radius 1 is 1.23 bits per heavy atom. The number of nitrogens with two attached hydrogens (primary N) is 1. The standard InChI is InChI=1S/C10H15N.ClH.Li/c1-8-3-5-10(6-4-8)7-9(2)11;;/h3-6,9H,7,11H2,1-2H3;1H;/q;;+1/p-1. The van der Waals surface area contributed by atoms with Crippen LogP contribution in [0.2, 0.25) is 0 Å². The first-order chi connectivity index (χ1) is 5.18. The van der Waals surface area contributed by atoms with Crippen molar-refractivity contribution in [1.82, 2.24) is 0 Å². The third-order valence-corrected chi connectivity index (χ3v) is 1.68. The molecular weight excluding hydrogens is 177 g/mol. The Hall–Kier alpha value is 0.0674. The minimum absolute atomic E-state index is 0. The van der Waals surface area contributed by atoms with Crippen LogP contribution in [0.15, 0.2) is 24.3 Å². The second-order valence-corrected chi connectivity index (χ2v) is 3.17. The summed E-state index contributed by atoms with van der Waals surface area (Å²) in [6.07, 6.45) is 0.972. The largest absolute Gasteiger partial charge is 1.00 e. The van der Waals surface area contributed by atoms with Gasteiger partial charge in [-0.1, -0.05) is 29.8 Å². The molecule has 0 heterocycles. The maximum atomic E-state index is 5.66. The first-order valence-electron chi connectivity index (χ1n) is 3.99. The molecule has 1 nitrogen and oxygen atoms in total. The van der Waals surface area contributed by atoms with Gasteiger partial charge >= 0.3 is 18.9 Å². The van der Waals surface area contributed by atoms with E-state index in [0.717, 1.165) is 6.42 Å². The first kappa shape index (κ1) is 15.5. The molecule has 0 spiro atoms. The molecule has 1 rings (SSSR count). The maximum Gasteiger partial charge on any atom is 1.00 e. The van der Waals surface area contributed by atoms with Gasteiger partial charge in [0.25, 0.3) is 0 Å². The van der Waals surface area contributed by atoms with E-state index in [1.54, 1.807) is 0 Å². The van der Waals surface area contributed by atoms with Gasteiger partial charge in [-0.15, -0.1) is 0 Å². The Balaban J connectivity index is 0. The summed E-state index contributed by atoms with van der Waals surface area (Å²) in [7, 11) is 0. The van der Waals surface area contributed by atoms with Gasteiger partial charge in [0.1, 0.15) is 0 Å². The van der Waals surface area contributed by atoms with E-state index in [-0.39, 0.29) is 37.3 Å². The number of halogens is 1. The molecule has 0 aliphatic carbocycles. The zero-order valence-electron chi connectivity index (χ0n) is 8.55. The van der Waals surface area contributed by atoms with Gasteiger partial charge in [-0.3, -0.25) is 0 Å². The van der Waals surface area contributed by atoms with Gasteiger partial charge in [0, 0.05) is 6.04 Å². The van der Waals surface area contributed by atoms with Crippen molar-refractivity contribution in [2.75, 3.05) is 0 Å². The summed E-state index contributed by atoms with van der Waals surface area (Å²) in [4.78, 5) is 0. The second-order valence-electron chi connectivity index (χ2n) is 3.17. The summed E-state index contributed by atoms with van der Waals surface area (Å²) in [6.45, 7) is 4.12. The third kappa shape index (κ3) is 6.18. The summed E-state index contributed by atoms with van der Waals surface area (Å²) in [5.74, 6) is 0. The summed E-state index contributed by atoms with van der Waals surface area (Å²) >= 11 is 0. The third-order valence-electron chi connectivity index (χ3n) is 1.68. The average Bonchev–Trinajstić information content (AvgIpc) is 1.93. The van der Waals surface area contributed by atoms with Crippen LogP contribution in [0.4, 0.5) is 0 Å². The molecule has 1 aromatic carbocycles. The Morgan fingerprint density at radius 3 is 2.08 bits per heavy atom. The van der Waals surface area contributed by atoms with Crippen LogP contribution < -0.4 is 37.0 Å².